The van der Waals surface area contributed by atoms with Crippen molar-refractivity contribution < 1.29 is 9.21 Å². The molecule has 1 N–H and O–H groups in total. The fourth-order valence-electron chi connectivity index (χ4n) is 3.69. The third-order valence-electron chi connectivity index (χ3n) is 5.10. The molecule has 0 aliphatic carbocycles. The van der Waals surface area contributed by atoms with Crippen LogP contribution < -0.4 is 5.32 Å². The van der Waals surface area contributed by atoms with Crippen molar-refractivity contribution in [2.75, 3.05) is 19.6 Å². The van der Waals surface area contributed by atoms with Gasteiger partial charge in [0.2, 0.25) is 0 Å². The van der Waals surface area contributed by atoms with Gasteiger partial charge in [0.15, 0.2) is 5.76 Å². The summed E-state index contributed by atoms with van der Waals surface area (Å²) in [5.41, 5.74) is 1.46. The highest BCUT2D eigenvalue weighted by Gasteiger charge is 2.35. The monoisotopic (exact) mass is 321 g/mol. The normalized spacial score (nSPS) is 25.2. The summed E-state index contributed by atoms with van der Waals surface area (Å²) in [6, 6.07) is 13.0. The standard InChI is InChI=1S/C19H19N3O2/c20-11-13-1-3-15(4-2-13)17-5-6-18(24-17)19(23)21-16-12-22-9-7-14(16)8-10-22/h1-6,14,16H,7-10,12H2,(H,21,23). The van der Waals surface area contributed by atoms with Crippen molar-refractivity contribution in [3.05, 3.63) is 47.7 Å². The lowest BCUT2D eigenvalue weighted by molar-refractivity contribution is 0.0606. The Morgan fingerprint density at radius 2 is 1.92 bits per heavy atom. The summed E-state index contributed by atoms with van der Waals surface area (Å²) < 4.78 is 5.72. The zero-order valence-electron chi connectivity index (χ0n) is 13.4. The molecule has 5 nitrogen and oxygen atoms in total. The third kappa shape index (κ3) is 2.81. The Morgan fingerprint density at radius 3 is 2.54 bits per heavy atom. The summed E-state index contributed by atoms with van der Waals surface area (Å²) in [7, 11) is 0. The Balaban J connectivity index is 1.46. The van der Waals surface area contributed by atoms with Crippen LogP contribution in [-0.4, -0.2) is 36.5 Å². The van der Waals surface area contributed by atoms with Gasteiger partial charge in [0, 0.05) is 18.2 Å². The number of nitrogens with one attached hydrogen (secondary N) is 1. The molecule has 3 aliphatic rings. The Morgan fingerprint density at radius 1 is 1.17 bits per heavy atom. The van der Waals surface area contributed by atoms with Crippen LogP contribution >= 0.6 is 0 Å². The number of rotatable bonds is 3. The SMILES string of the molecule is N#Cc1ccc(-c2ccc(C(=O)NC3CN4CCC3CC4)o2)cc1. The van der Waals surface area contributed by atoms with E-state index in [1.807, 2.05) is 12.1 Å². The minimum atomic E-state index is -0.145. The lowest BCUT2D eigenvalue weighted by atomic mass is 9.84. The first-order chi connectivity index (χ1) is 11.7. The minimum Gasteiger partial charge on any atom is -0.451 e. The first-order valence-corrected chi connectivity index (χ1v) is 8.36. The van der Waals surface area contributed by atoms with E-state index < -0.39 is 0 Å². The number of hydrogen-bond donors (Lipinski definition) is 1. The minimum absolute atomic E-state index is 0.145. The molecular formula is C19H19N3O2. The molecule has 0 radical (unpaired) electrons. The summed E-state index contributed by atoms with van der Waals surface area (Å²) in [5.74, 6) is 1.42. The second-order valence-corrected chi connectivity index (χ2v) is 6.57. The molecule has 24 heavy (non-hydrogen) atoms. The molecule has 0 saturated carbocycles. The fraction of sp³-hybridized carbons (Fsp3) is 0.368. The van der Waals surface area contributed by atoms with E-state index in [0.29, 0.717) is 23.0 Å². The van der Waals surface area contributed by atoms with Crippen molar-refractivity contribution in [1.29, 1.82) is 5.26 Å². The number of hydrogen-bond acceptors (Lipinski definition) is 4. The van der Waals surface area contributed by atoms with Crippen LogP contribution in [0.4, 0.5) is 0 Å². The van der Waals surface area contributed by atoms with E-state index in [0.717, 1.165) is 25.2 Å². The topological polar surface area (TPSA) is 69.3 Å². The van der Waals surface area contributed by atoms with E-state index in [2.05, 4.69) is 16.3 Å². The van der Waals surface area contributed by atoms with Crippen LogP contribution in [0.1, 0.15) is 29.0 Å². The van der Waals surface area contributed by atoms with Gasteiger partial charge < -0.3 is 14.6 Å². The van der Waals surface area contributed by atoms with Gasteiger partial charge in [-0.25, -0.2) is 0 Å². The second-order valence-electron chi connectivity index (χ2n) is 6.57. The predicted molar refractivity (Wildman–Crippen MR) is 89.3 cm³/mol. The first kappa shape index (κ1) is 15.0. The largest absolute Gasteiger partial charge is 0.451 e. The van der Waals surface area contributed by atoms with Gasteiger partial charge in [0.25, 0.3) is 5.91 Å². The third-order valence-corrected chi connectivity index (χ3v) is 5.10. The van der Waals surface area contributed by atoms with E-state index in [4.69, 9.17) is 9.68 Å². The molecule has 1 atom stereocenters. The molecule has 122 valence electrons. The van der Waals surface area contributed by atoms with Crippen LogP contribution in [0.2, 0.25) is 0 Å². The van der Waals surface area contributed by atoms with Crippen LogP contribution in [0.5, 0.6) is 0 Å². The molecule has 1 aromatic heterocycles. The van der Waals surface area contributed by atoms with Crippen LogP contribution in [0.25, 0.3) is 11.3 Å². The number of carbonyl (C=O) groups is 1. The van der Waals surface area contributed by atoms with Crippen LogP contribution in [0.3, 0.4) is 0 Å². The van der Waals surface area contributed by atoms with E-state index >= 15 is 0 Å². The van der Waals surface area contributed by atoms with Gasteiger partial charge in [-0.2, -0.15) is 5.26 Å². The van der Waals surface area contributed by atoms with Crippen molar-refractivity contribution in [3.63, 3.8) is 0 Å². The van der Waals surface area contributed by atoms with Gasteiger partial charge in [-0.1, -0.05) is 0 Å². The van der Waals surface area contributed by atoms with Crippen LogP contribution in [0.15, 0.2) is 40.8 Å². The highest BCUT2D eigenvalue weighted by Crippen LogP contribution is 2.28. The maximum Gasteiger partial charge on any atom is 0.287 e. The summed E-state index contributed by atoms with van der Waals surface area (Å²) in [4.78, 5) is 14.9. The van der Waals surface area contributed by atoms with Gasteiger partial charge in [-0.3, -0.25) is 4.79 Å². The lowest BCUT2D eigenvalue weighted by Crippen LogP contribution is -2.57. The average molecular weight is 321 g/mol. The van der Waals surface area contributed by atoms with Crippen LogP contribution in [0, 0.1) is 17.2 Å². The van der Waals surface area contributed by atoms with Crippen molar-refractivity contribution in [1.82, 2.24) is 10.2 Å². The number of fused-ring (bicyclic) bond motifs is 3. The van der Waals surface area contributed by atoms with Gasteiger partial charge in [0.1, 0.15) is 5.76 Å². The molecule has 1 amide bonds. The number of piperidine rings is 3. The van der Waals surface area contributed by atoms with Crippen molar-refractivity contribution in [2.24, 2.45) is 5.92 Å². The van der Waals surface area contributed by atoms with Crippen molar-refractivity contribution >= 4 is 5.91 Å². The van der Waals surface area contributed by atoms with Crippen molar-refractivity contribution in [2.45, 2.75) is 18.9 Å². The fourth-order valence-corrected chi connectivity index (χ4v) is 3.69. The Hall–Kier alpha value is -2.58. The molecule has 5 rings (SSSR count). The summed E-state index contributed by atoms with van der Waals surface area (Å²) in [5, 5.41) is 12.0. The Kier molecular flexibility index (Phi) is 3.83. The molecule has 5 heteroatoms. The molecule has 3 aliphatic heterocycles. The number of nitriles is 1. The highest BCUT2D eigenvalue weighted by atomic mass is 16.3. The molecule has 3 saturated heterocycles. The molecule has 3 fully saturated rings. The summed E-state index contributed by atoms with van der Waals surface area (Å²) in [6.07, 6.45) is 2.33. The summed E-state index contributed by atoms with van der Waals surface area (Å²) in [6.45, 7) is 3.25. The molecule has 2 aromatic rings. The number of carbonyl (C=O) groups excluding carboxylic acids is 1. The molecular weight excluding hydrogens is 302 g/mol. The second kappa shape index (κ2) is 6.14. The quantitative estimate of drug-likeness (QED) is 0.943. The van der Waals surface area contributed by atoms with Crippen molar-refractivity contribution in [3.8, 4) is 17.4 Å². The van der Waals surface area contributed by atoms with E-state index in [1.165, 1.54) is 12.8 Å². The summed E-state index contributed by atoms with van der Waals surface area (Å²) >= 11 is 0. The molecule has 1 aromatic carbocycles. The molecule has 1 unspecified atom stereocenters. The molecule has 2 bridgehead atoms. The van der Waals surface area contributed by atoms with E-state index in [9.17, 15) is 4.79 Å². The van der Waals surface area contributed by atoms with Gasteiger partial charge in [-0.15, -0.1) is 0 Å². The average Bonchev–Trinajstić information content (AvgIpc) is 3.13. The molecule has 0 spiro atoms. The Labute approximate surface area is 140 Å². The Bertz CT molecular complexity index is 780. The number of amides is 1. The van der Waals surface area contributed by atoms with Gasteiger partial charge in [0.05, 0.1) is 11.6 Å². The lowest BCUT2D eigenvalue weighted by Gasteiger charge is -2.44. The number of nitrogens with zero attached hydrogens (tertiary/aromatic N) is 2. The molecule has 4 heterocycles. The highest BCUT2D eigenvalue weighted by molar-refractivity contribution is 5.92. The first-order valence-electron chi connectivity index (χ1n) is 8.36. The maximum atomic E-state index is 12.5. The van der Waals surface area contributed by atoms with Crippen LogP contribution in [-0.2, 0) is 0 Å². The van der Waals surface area contributed by atoms with E-state index in [1.54, 1.807) is 24.3 Å². The zero-order valence-corrected chi connectivity index (χ0v) is 13.4. The predicted octanol–water partition coefficient (Wildman–Crippen LogP) is 2.64. The smallest absolute Gasteiger partial charge is 0.287 e. The maximum absolute atomic E-state index is 12.5. The van der Waals surface area contributed by atoms with Gasteiger partial charge >= 0.3 is 0 Å². The zero-order chi connectivity index (χ0) is 16.5. The van der Waals surface area contributed by atoms with E-state index in [-0.39, 0.29) is 11.9 Å². The number of benzene rings is 1. The van der Waals surface area contributed by atoms with Gasteiger partial charge in [-0.05, 0) is 68.2 Å². The number of furan rings is 1.